The van der Waals surface area contributed by atoms with E-state index in [1.165, 1.54) is 18.2 Å². The Hall–Kier alpha value is -2.70. The number of allylic oxidation sites excluding steroid dienone is 2. The van der Waals surface area contributed by atoms with Crippen LogP contribution >= 0.6 is 0 Å². The summed E-state index contributed by atoms with van der Waals surface area (Å²) in [6, 6.07) is 5.68. The van der Waals surface area contributed by atoms with Gasteiger partial charge in [-0.2, -0.15) is 0 Å². The van der Waals surface area contributed by atoms with Crippen LogP contribution in [0.15, 0.2) is 36.4 Å². The molecule has 2 bridgehead atoms. The molecule has 1 aromatic rings. The minimum atomic E-state index is -0.945. The van der Waals surface area contributed by atoms with Gasteiger partial charge in [0.15, 0.2) is 0 Å². The van der Waals surface area contributed by atoms with Crippen molar-refractivity contribution in [3.63, 3.8) is 0 Å². The summed E-state index contributed by atoms with van der Waals surface area (Å²) in [5, 5.41) is 23.1. The van der Waals surface area contributed by atoms with Crippen LogP contribution in [0.25, 0.3) is 0 Å². The number of carboxylic acids is 1. The maximum Gasteiger partial charge on any atom is 0.307 e. The largest absolute Gasteiger partial charge is 0.481 e. The van der Waals surface area contributed by atoms with Crippen molar-refractivity contribution in [3.05, 3.63) is 46.5 Å². The molecule has 2 N–H and O–H groups in total. The molecule has 7 heteroatoms. The molecule has 0 saturated heterocycles. The highest BCUT2D eigenvalue weighted by Gasteiger charge is 2.62. The second-order valence-electron chi connectivity index (χ2n) is 6.79. The molecule has 24 heavy (non-hydrogen) atoms. The van der Waals surface area contributed by atoms with E-state index in [2.05, 4.69) is 5.32 Å². The third-order valence-corrected chi connectivity index (χ3v) is 5.56. The lowest BCUT2D eigenvalue weighted by Gasteiger charge is -2.41. The van der Waals surface area contributed by atoms with Crippen LogP contribution in [0.3, 0.4) is 0 Å². The van der Waals surface area contributed by atoms with Crippen molar-refractivity contribution in [1.82, 2.24) is 0 Å². The zero-order valence-electron chi connectivity index (χ0n) is 12.7. The summed E-state index contributed by atoms with van der Waals surface area (Å²) in [5.41, 5.74) is 0.200. The van der Waals surface area contributed by atoms with Gasteiger partial charge in [0.25, 0.3) is 5.69 Å². The Morgan fingerprint density at radius 2 is 1.83 bits per heavy atom. The van der Waals surface area contributed by atoms with E-state index in [-0.39, 0.29) is 23.4 Å². The molecule has 7 nitrogen and oxygen atoms in total. The zero-order valence-corrected chi connectivity index (χ0v) is 12.7. The van der Waals surface area contributed by atoms with Gasteiger partial charge < -0.3 is 10.4 Å². The quantitative estimate of drug-likeness (QED) is 0.501. The fraction of sp³-hybridized carbons (Fsp3) is 0.412. The molecule has 6 atom stereocenters. The summed E-state index contributed by atoms with van der Waals surface area (Å²) in [4.78, 5) is 34.8. The summed E-state index contributed by atoms with van der Waals surface area (Å²) in [7, 11) is 0. The van der Waals surface area contributed by atoms with Crippen molar-refractivity contribution >= 4 is 23.3 Å². The number of carbonyl (C=O) groups excluding carboxylic acids is 1. The number of hydrogen-bond donors (Lipinski definition) is 2. The number of carboxylic acid groups (broad SMARTS) is 1. The second kappa shape index (κ2) is 5.15. The van der Waals surface area contributed by atoms with Gasteiger partial charge in [0.2, 0.25) is 5.91 Å². The number of carbonyl (C=O) groups is 2. The van der Waals surface area contributed by atoms with Gasteiger partial charge in [0.1, 0.15) is 0 Å². The van der Waals surface area contributed by atoms with E-state index in [9.17, 15) is 24.8 Å². The van der Waals surface area contributed by atoms with Gasteiger partial charge in [-0.25, -0.2) is 0 Å². The van der Waals surface area contributed by atoms with Crippen LogP contribution in [0.1, 0.15) is 6.42 Å². The van der Waals surface area contributed by atoms with E-state index in [0.29, 0.717) is 17.5 Å². The Morgan fingerprint density at radius 3 is 2.46 bits per heavy atom. The standard InChI is InChI=1S/C17H16N2O5/c20-16(18-8-2-1-3-9(6-8)19(23)24)14-10-4-5-11(13-7-12(10)13)15(14)17(21)22/h1-6,10-15H,7H2,(H,18,20)(H,21,22)/t10-,11+,12-,13+,14-,15-/m0/s1. The number of rotatable bonds is 4. The van der Waals surface area contributed by atoms with E-state index in [1.54, 1.807) is 6.07 Å². The molecule has 4 aliphatic carbocycles. The monoisotopic (exact) mass is 328 g/mol. The van der Waals surface area contributed by atoms with Crippen LogP contribution in [-0.4, -0.2) is 21.9 Å². The minimum absolute atomic E-state index is 0.0557. The minimum Gasteiger partial charge on any atom is -0.481 e. The maximum absolute atomic E-state index is 12.7. The smallest absolute Gasteiger partial charge is 0.307 e. The van der Waals surface area contributed by atoms with Gasteiger partial charge in [-0.1, -0.05) is 18.2 Å². The molecule has 5 rings (SSSR count). The van der Waals surface area contributed by atoms with Gasteiger partial charge in [-0.15, -0.1) is 0 Å². The lowest BCUT2D eigenvalue weighted by Crippen LogP contribution is -2.48. The lowest BCUT2D eigenvalue weighted by atomic mass is 9.62. The summed E-state index contributed by atoms with van der Waals surface area (Å²) in [5.74, 6) is -2.01. The number of nitrogens with one attached hydrogen (secondary N) is 1. The molecule has 1 amide bonds. The van der Waals surface area contributed by atoms with Crippen molar-refractivity contribution in [1.29, 1.82) is 0 Å². The number of hydrogen-bond acceptors (Lipinski definition) is 4. The number of nitrogens with zero attached hydrogens (tertiary/aromatic N) is 1. The van der Waals surface area contributed by atoms with E-state index >= 15 is 0 Å². The van der Waals surface area contributed by atoms with Crippen LogP contribution in [-0.2, 0) is 9.59 Å². The molecular weight excluding hydrogens is 312 g/mol. The van der Waals surface area contributed by atoms with Gasteiger partial charge in [-0.3, -0.25) is 19.7 Å². The topological polar surface area (TPSA) is 110 Å². The first-order valence-corrected chi connectivity index (χ1v) is 7.94. The third-order valence-electron chi connectivity index (χ3n) is 5.56. The molecule has 0 radical (unpaired) electrons. The van der Waals surface area contributed by atoms with Crippen LogP contribution in [0, 0.1) is 45.6 Å². The van der Waals surface area contributed by atoms with Gasteiger partial charge in [0.05, 0.1) is 16.8 Å². The number of amides is 1. The van der Waals surface area contributed by atoms with Crippen LogP contribution in [0.5, 0.6) is 0 Å². The zero-order chi connectivity index (χ0) is 17.0. The molecule has 4 aliphatic rings. The van der Waals surface area contributed by atoms with Crippen LogP contribution in [0.4, 0.5) is 11.4 Å². The normalized spacial score (nSPS) is 35.2. The van der Waals surface area contributed by atoms with Crippen molar-refractivity contribution in [2.24, 2.45) is 35.5 Å². The summed E-state index contributed by atoms with van der Waals surface area (Å²) in [6.45, 7) is 0. The number of non-ortho nitro benzene ring substituents is 1. The molecule has 124 valence electrons. The molecule has 0 spiro atoms. The molecule has 0 aromatic heterocycles. The predicted octanol–water partition coefficient (Wildman–Crippen LogP) is 2.30. The number of aliphatic carboxylic acids is 1. The average Bonchev–Trinajstić information content (AvgIpc) is 3.36. The van der Waals surface area contributed by atoms with Crippen molar-refractivity contribution in [2.45, 2.75) is 6.42 Å². The number of anilines is 1. The molecule has 0 unspecified atom stereocenters. The molecular formula is C17H16N2O5. The highest BCUT2D eigenvalue weighted by Crippen LogP contribution is 2.63. The summed E-state index contributed by atoms with van der Waals surface area (Å²) in [6.07, 6.45) is 4.91. The number of fused-ring (bicyclic) bond motifs is 1. The fourth-order valence-corrected chi connectivity index (χ4v) is 4.49. The maximum atomic E-state index is 12.7. The van der Waals surface area contributed by atoms with Crippen molar-refractivity contribution in [3.8, 4) is 0 Å². The van der Waals surface area contributed by atoms with Gasteiger partial charge >= 0.3 is 5.97 Å². The first kappa shape index (κ1) is 14.9. The second-order valence-corrected chi connectivity index (χ2v) is 6.79. The number of nitro groups is 1. The SMILES string of the molecule is O=C(O)[C@H]1[C@@H]2C=C[C@@H]([C@@H]3C[C@H]23)[C@@H]1C(=O)Nc1cccc([N+](=O)[O-])c1. The average molecular weight is 328 g/mol. The summed E-state index contributed by atoms with van der Waals surface area (Å²) >= 11 is 0. The lowest BCUT2D eigenvalue weighted by molar-refractivity contribution is -0.384. The van der Waals surface area contributed by atoms with Crippen molar-refractivity contribution in [2.75, 3.05) is 5.32 Å². The molecule has 1 aromatic carbocycles. The Labute approximate surface area is 137 Å². The highest BCUT2D eigenvalue weighted by atomic mass is 16.6. The number of nitro benzene ring substituents is 1. The Morgan fingerprint density at radius 1 is 1.17 bits per heavy atom. The Balaban J connectivity index is 1.59. The first-order valence-electron chi connectivity index (χ1n) is 7.94. The van der Waals surface area contributed by atoms with Crippen molar-refractivity contribution < 1.29 is 19.6 Å². The van der Waals surface area contributed by atoms with Gasteiger partial charge in [-0.05, 0) is 36.2 Å². The van der Waals surface area contributed by atoms with Crippen LogP contribution < -0.4 is 5.32 Å². The molecule has 2 fully saturated rings. The first-order chi connectivity index (χ1) is 11.5. The van der Waals surface area contributed by atoms with Gasteiger partial charge in [0, 0.05) is 17.8 Å². The summed E-state index contributed by atoms with van der Waals surface area (Å²) < 4.78 is 0. The van der Waals surface area contributed by atoms with E-state index in [1.807, 2.05) is 12.2 Å². The van der Waals surface area contributed by atoms with Crippen LogP contribution in [0.2, 0.25) is 0 Å². The molecule has 0 heterocycles. The van der Waals surface area contributed by atoms with E-state index in [4.69, 9.17) is 0 Å². The fourth-order valence-electron chi connectivity index (χ4n) is 4.49. The van der Waals surface area contributed by atoms with E-state index in [0.717, 1.165) is 6.42 Å². The van der Waals surface area contributed by atoms with E-state index < -0.39 is 22.7 Å². The third kappa shape index (κ3) is 2.19. The Bertz CT molecular complexity index is 774. The Kier molecular flexibility index (Phi) is 3.19. The molecule has 2 saturated carbocycles. The highest BCUT2D eigenvalue weighted by molar-refractivity contribution is 5.96. The number of benzene rings is 1. The predicted molar refractivity (Wildman–Crippen MR) is 84.1 cm³/mol. The molecule has 0 aliphatic heterocycles.